The van der Waals surface area contributed by atoms with E-state index < -0.39 is 0 Å². The number of nitrogens with two attached hydrogens (primary N) is 1. The number of rotatable bonds is 3. The Bertz CT molecular complexity index is 320. The van der Waals surface area contributed by atoms with E-state index in [2.05, 4.69) is 22.3 Å². The van der Waals surface area contributed by atoms with Crippen LogP contribution in [0.1, 0.15) is 24.5 Å². The highest BCUT2D eigenvalue weighted by atomic mass is 15.2. The van der Waals surface area contributed by atoms with E-state index in [4.69, 9.17) is 5.84 Å². The van der Waals surface area contributed by atoms with Gasteiger partial charge in [0.25, 0.3) is 0 Å². The molecule has 0 aliphatic heterocycles. The fraction of sp³-hybridized carbons (Fsp3) is 0.400. The molecule has 4 heteroatoms. The molecule has 0 atom stereocenters. The van der Waals surface area contributed by atoms with Crippen LogP contribution in [0.25, 0.3) is 0 Å². The Kier molecular flexibility index (Phi) is 4.07. The zero-order chi connectivity index (χ0) is 10.4. The molecule has 1 heterocycles. The summed E-state index contributed by atoms with van der Waals surface area (Å²) in [4.78, 5) is 8.40. The molecule has 0 aromatic carbocycles. The normalized spacial score (nSPS) is 11.5. The van der Waals surface area contributed by atoms with Gasteiger partial charge < -0.3 is 5.43 Å². The molecule has 0 unspecified atom stereocenters. The molecule has 1 rings (SSSR count). The summed E-state index contributed by atoms with van der Waals surface area (Å²) < 4.78 is 0. The van der Waals surface area contributed by atoms with Crippen LogP contribution >= 0.6 is 0 Å². The van der Waals surface area contributed by atoms with Gasteiger partial charge in [0, 0.05) is 24.5 Å². The van der Waals surface area contributed by atoms with E-state index in [-0.39, 0.29) is 0 Å². The molecule has 14 heavy (non-hydrogen) atoms. The third kappa shape index (κ3) is 2.81. The van der Waals surface area contributed by atoms with Crippen LogP contribution in [0.2, 0.25) is 0 Å². The number of hydrogen-bond acceptors (Lipinski definition) is 3. The highest BCUT2D eigenvalue weighted by Gasteiger charge is 2.00. The first-order valence-electron chi connectivity index (χ1n) is 4.71. The standard InChI is InChI=1S/C10H16N4/c1-3-4-13-10(14-11)9-5-8(2)6-12-7-9/h5-7H,3-4,11H2,1-2H3,(H,13,14). The minimum Gasteiger partial charge on any atom is -0.308 e. The molecule has 0 bridgehead atoms. The monoisotopic (exact) mass is 192 g/mol. The van der Waals surface area contributed by atoms with Crippen LogP contribution in [-0.2, 0) is 0 Å². The first-order chi connectivity index (χ1) is 6.77. The van der Waals surface area contributed by atoms with E-state index in [1.54, 1.807) is 12.4 Å². The van der Waals surface area contributed by atoms with E-state index in [0.717, 1.165) is 24.1 Å². The van der Waals surface area contributed by atoms with Gasteiger partial charge in [-0.05, 0) is 25.0 Å². The van der Waals surface area contributed by atoms with Crippen molar-refractivity contribution in [3.05, 3.63) is 29.6 Å². The Hall–Kier alpha value is -1.42. The van der Waals surface area contributed by atoms with Gasteiger partial charge in [-0.25, -0.2) is 5.84 Å². The summed E-state index contributed by atoms with van der Waals surface area (Å²) in [5.41, 5.74) is 4.62. The maximum Gasteiger partial charge on any atom is 0.144 e. The van der Waals surface area contributed by atoms with Crippen LogP contribution < -0.4 is 11.3 Å². The first kappa shape index (κ1) is 10.7. The van der Waals surface area contributed by atoms with Gasteiger partial charge in [0.1, 0.15) is 5.84 Å². The molecule has 1 aromatic rings. The molecule has 4 nitrogen and oxygen atoms in total. The lowest BCUT2D eigenvalue weighted by Gasteiger charge is -2.05. The number of nitrogens with one attached hydrogen (secondary N) is 1. The van der Waals surface area contributed by atoms with Crippen molar-refractivity contribution in [3.8, 4) is 0 Å². The maximum absolute atomic E-state index is 5.39. The Labute approximate surface area is 84.2 Å². The van der Waals surface area contributed by atoms with Crippen LogP contribution in [-0.4, -0.2) is 17.4 Å². The van der Waals surface area contributed by atoms with E-state index in [9.17, 15) is 0 Å². The Morgan fingerprint density at radius 3 is 2.93 bits per heavy atom. The number of amidine groups is 1. The van der Waals surface area contributed by atoms with Crippen molar-refractivity contribution in [1.29, 1.82) is 0 Å². The first-order valence-corrected chi connectivity index (χ1v) is 4.71. The van der Waals surface area contributed by atoms with Gasteiger partial charge in [0.05, 0.1) is 0 Å². The molecular weight excluding hydrogens is 176 g/mol. The summed E-state index contributed by atoms with van der Waals surface area (Å²) >= 11 is 0. The van der Waals surface area contributed by atoms with E-state index >= 15 is 0 Å². The molecule has 0 aliphatic carbocycles. The minimum absolute atomic E-state index is 0.697. The Morgan fingerprint density at radius 2 is 2.36 bits per heavy atom. The SMILES string of the molecule is CCCN=C(NN)c1cncc(C)c1. The lowest BCUT2D eigenvalue weighted by Crippen LogP contribution is -2.31. The van der Waals surface area contributed by atoms with Gasteiger partial charge in [-0.1, -0.05) is 6.92 Å². The quantitative estimate of drug-likeness (QED) is 0.325. The number of aryl methyl sites for hydroxylation is 1. The molecule has 0 spiro atoms. The van der Waals surface area contributed by atoms with Crippen LogP contribution in [0.15, 0.2) is 23.5 Å². The van der Waals surface area contributed by atoms with Crippen molar-refractivity contribution >= 4 is 5.84 Å². The predicted octanol–water partition coefficient (Wildman–Crippen LogP) is 1.01. The smallest absolute Gasteiger partial charge is 0.144 e. The van der Waals surface area contributed by atoms with E-state index in [1.165, 1.54) is 0 Å². The average Bonchev–Trinajstić information content (AvgIpc) is 2.19. The van der Waals surface area contributed by atoms with Gasteiger partial charge in [0.15, 0.2) is 0 Å². The highest BCUT2D eigenvalue weighted by molar-refractivity contribution is 5.98. The summed E-state index contributed by atoms with van der Waals surface area (Å²) in [5, 5.41) is 0. The summed E-state index contributed by atoms with van der Waals surface area (Å²) in [6.07, 6.45) is 4.56. The second-order valence-electron chi connectivity index (χ2n) is 3.13. The van der Waals surface area contributed by atoms with E-state index in [1.807, 2.05) is 13.0 Å². The van der Waals surface area contributed by atoms with Gasteiger partial charge in [0.2, 0.25) is 0 Å². The molecule has 0 saturated carbocycles. The molecule has 1 aromatic heterocycles. The summed E-state index contributed by atoms with van der Waals surface area (Å²) in [7, 11) is 0. The number of hydrazine groups is 1. The van der Waals surface area contributed by atoms with Crippen LogP contribution in [0.3, 0.4) is 0 Å². The largest absolute Gasteiger partial charge is 0.308 e. The molecule has 0 aliphatic rings. The fourth-order valence-corrected chi connectivity index (χ4v) is 1.13. The second kappa shape index (κ2) is 5.34. The summed E-state index contributed by atoms with van der Waals surface area (Å²) in [5.74, 6) is 6.08. The van der Waals surface area contributed by atoms with Crippen molar-refractivity contribution < 1.29 is 0 Å². The average molecular weight is 192 g/mol. The van der Waals surface area contributed by atoms with Gasteiger partial charge in [-0.2, -0.15) is 0 Å². The Morgan fingerprint density at radius 1 is 1.57 bits per heavy atom. The molecule has 0 saturated heterocycles. The summed E-state index contributed by atoms with van der Waals surface area (Å²) in [6.45, 7) is 4.84. The third-order valence-electron chi connectivity index (χ3n) is 1.78. The topological polar surface area (TPSA) is 63.3 Å². The maximum atomic E-state index is 5.39. The van der Waals surface area contributed by atoms with Crippen molar-refractivity contribution in [2.75, 3.05) is 6.54 Å². The fourth-order valence-electron chi connectivity index (χ4n) is 1.13. The number of aromatic nitrogens is 1. The molecule has 0 amide bonds. The van der Waals surface area contributed by atoms with Crippen LogP contribution in [0, 0.1) is 6.92 Å². The molecule has 0 fully saturated rings. The van der Waals surface area contributed by atoms with Crippen molar-refractivity contribution in [2.45, 2.75) is 20.3 Å². The van der Waals surface area contributed by atoms with Gasteiger partial charge in [-0.15, -0.1) is 0 Å². The van der Waals surface area contributed by atoms with Crippen molar-refractivity contribution in [3.63, 3.8) is 0 Å². The van der Waals surface area contributed by atoms with Crippen LogP contribution in [0.5, 0.6) is 0 Å². The molecule has 76 valence electrons. The zero-order valence-electron chi connectivity index (χ0n) is 8.62. The van der Waals surface area contributed by atoms with Gasteiger partial charge in [-0.3, -0.25) is 9.98 Å². The second-order valence-corrected chi connectivity index (χ2v) is 3.13. The number of pyridine rings is 1. The number of hydrogen-bond donors (Lipinski definition) is 2. The lowest BCUT2D eigenvalue weighted by atomic mass is 10.2. The Balaban J connectivity index is 2.89. The molecule has 3 N–H and O–H groups in total. The zero-order valence-corrected chi connectivity index (χ0v) is 8.62. The predicted molar refractivity (Wildman–Crippen MR) is 58.0 cm³/mol. The minimum atomic E-state index is 0.697. The van der Waals surface area contributed by atoms with Gasteiger partial charge >= 0.3 is 0 Å². The number of aliphatic imine (C=N–C) groups is 1. The lowest BCUT2D eigenvalue weighted by molar-refractivity contribution is 0.907. The van der Waals surface area contributed by atoms with Crippen molar-refractivity contribution in [1.82, 2.24) is 10.4 Å². The third-order valence-corrected chi connectivity index (χ3v) is 1.78. The van der Waals surface area contributed by atoms with Crippen molar-refractivity contribution in [2.24, 2.45) is 10.8 Å². The molecular formula is C10H16N4. The molecule has 0 radical (unpaired) electrons. The summed E-state index contributed by atoms with van der Waals surface area (Å²) in [6, 6.07) is 2.00. The highest BCUT2D eigenvalue weighted by Crippen LogP contribution is 2.01. The van der Waals surface area contributed by atoms with Crippen LogP contribution in [0.4, 0.5) is 0 Å². The van der Waals surface area contributed by atoms with E-state index in [0.29, 0.717) is 5.84 Å². The number of nitrogens with zero attached hydrogens (tertiary/aromatic N) is 2.